The van der Waals surface area contributed by atoms with Gasteiger partial charge in [0, 0.05) is 18.8 Å². The lowest BCUT2D eigenvalue weighted by atomic mass is 10.1. The summed E-state index contributed by atoms with van der Waals surface area (Å²) in [5.41, 5.74) is 5.49. The molecule has 84 valence electrons. The molecule has 1 aromatic rings. The first-order valence-corrected chi connectivity index (χ1v) is 5.62. The summed E-state index contributed by atoms with van der Waals surface area (Å²) in [6, 6.07) is 0.195. The lowest BCUT2D eigenvalue weighted by Crippen LogP contribution is -2.21. The van der Waals surface area contributed by atoms with Crippen LogP contribution in [0.25, 0.3) is 0 Å². The van der Waals surface area contributed by atoms with Gasteiger partial charge in [0.1, 0.15) is 5.82 Å². The van der Waals surface area contributed by atoms with E-state index < -0.39 is 0 Å². The standard InChI is InChI=1S/C9H15BrN4O/c1-2-6(3-4-15)13-8-7(10)5-12-9(11)14-8/h5-6,15H,2-4H2,1H3,(H3,11,12,13,14). The Morgan fingerprint density at radius 1 is 1.67 bits per heavy atom. The van der Waals surface area contributed by atoms with E-state index in [9.17, 15) is 0 Å². The Kier molecular flexibility index (Phi) is 4.77. The van der Waals surface area contributed by atoms with Gasteiger partial charge in [-0.2, -0.15) is 4.98 Å². The van der Waals surface area contributed by atoms with Crippen molar-refractivity contribution in [3.8, 4) is 0 Å². The lowest BCUT2D eigenvalue weighted by Gasteiger charge is -2.17. The van der Waals surface area contributed by atoms with Crippen molar-refractivity contribution in [1.82, 2.24) is 9.97 Å². The number of aliphatic hydroxyl groups is 1. The van der Waals surface area contributed by atoms with Crippen LogP contribution in [0.3, 0.4) is 0 Å². The lowest BCUT2D eigenvalue weighted by molar-refractivity contribution is 0.278. The number of anilines is 2. The van der Waals surface area contributed by atoms with Gasteiger partial charge < -0.3 is 16.2 Å². The Morgan fingerprint density at radius 2 is 2.40 bits per heavy atom. The fraction of sp³-hybridized carbons (Fsp3) is 0.556. The van der Waals surface area contributed by atoms with Gasteiger partial charge in [-0.15, -0.1) is 0 Å². The molecule has 1 rings (SSSR count). The van der Waals surface area contributed by atoms with Crippen molar-refractivity contribution < 1.29 is 5.11 Å². The van der Waals surface area contributed by atoms with E-state index in [0.29, 0.717) is 12.2 Å². The number of nitrogen functional groups attached to an aromatic ring is 1. The minimum Gasteiger partial charge on any atom is -0.396 e. The van der Waals surface area contributed by atoms with Crippen LogP contribution in [-0.4, -0.2) is 27.7 Å². The molecule has 15 heavy (non-hydrogen) atoms. The molecule has 0 aliphatic rings. The van der Waals surface area contributed by atoms with E-state index in [1.807, 2.05) is 6.92 Å². The van der Waals surface area contributed by atoms with E-state index in [4.69, 9.17) is 10.8 Å². The van der Waals surface area contributed by atoms with Crippen LogP contribution in [0.15, 0.2) is 10.7 Å². The Morgan fingerprint density at radius 3 is 3.00 bits per heavy atom. The minimum atomic E-state index is 0.156. The molecule has 1 aromatic heterocycles. The molecule has 4 N–H and O–H groups in total. The van der Waals surface area contributed by atoms with Crippen molar-refractivity contribution in [2.45, 2.75) is 25.8 Å². The highest BCUT2D eigenvalue weighted by molar-refractivity contribution is 9.10. The molecule has 0 saturated carbocycles. The van der Waals surface area contributed by atoms with Crippen LogP contribution >= 0.6 is 15.9 Å². The zero-order valence-electron chi connectivity index (χ0n) is 8.57. The Hall–Kier alpha value is -0.880. The summed E-state index contributed by atoms with van der Waals surface area (Å²) in [7, 11) is 0. The van der Waals surface area contributed by atoms with E-state index in [1.165, 1.54) is 0 Å². The molecule has 0 bridgehead atoms. The number of nitrogens with one attached hydrogen (secondary N) is 1. The average molecular weight is 275 g/mol. The maximum atomic E-state index is 8.86. The number of rotatable bonds is 5. The molecule has 0 saturated heterocycles. The predicted molar refractivity (Wildman–Crippen MR) is 63.5 cm³/mol. The third-order valence-electron chi connectivity index (χ3n) is 2.07. The summed E-state index contributed by atoms with van der Waals surface area (Å²) in [6.45, 7) is 2.20. The second-order valence-electron chi connectivity index (χ2n) is 3.19. The molecule has 0 amide bonds. The number of hydrogen-bond donors (Lipinski definition) is 3. The van der Waals surface area contributed by atoms with Crippen LogP contribution in [0, 0.1) is 0 Å². The number of nitrogens with two attached hydrogens (primary N) is 1. The number of halogens is 1. The zero-order chi connectivity index (χ0) is 11.3. The van der Waals surface area contributed by atoms with Gasteiger partial charge in [-0.05, 0) is 28.8 Å². The third kappa shape index (κ3) is 3.64. The van der Waals surface area contributed by atoms with Crippen LogP contribution in [0.2, 0.25) is 0 Å². The van der Waals surface area contributed by atoms with Crippen LogP contribution in [-0.2, 0) is 0 Å². The SMILES string of the molecule is CCC(CCO)Nc1nc(N)ncc1Br. The van der Waals surface area contributed by atoms with E-state index in [1.54, 1.807) is 6.20 Å². The minimum absolute atomic E-state index is 0.156. The van der Waals surface area contributed by atoms with Gasteiger partial charge in [-0.25, -0.2) is 4.98 Å². The van der Waals surface area contributed by atoms with Gasteiger partial charge in [0.2, 0.25) is 5.95 Å². The van der Waals surface area contributed by atoms with E-state index in [0.717, 1.165) is 10.9 Å². The molecule has 0 radical (unpaired) electrons. The summed E-state index contributed by atoms with van der Waals surface area (Å²) >= 11 is 3.33. The van der Waals surface area contributed by atoms with Crippen molar-refractivity contribution in [2.75, 3.05) is 17.7 Å². The van der Waals surface area contributed by atoms with Crippen molar-refractivity contribution in [2.24, 2.45) is 0 Å². The summed E-state index contributed by atoms with van der Waals surface area (Å²) < 4.78 is 0.771. The Balaban J connectivity index is 2.73. The topological polar surface area (TPSA) is 84.1 Å². The first-order valence-electron chi connectivity index (χ1n) is 4.82. The van der Waals surface area contributed by atoms with Gasteiger partial charge in [-0.3, -0.25) is 0 Å². The molecule has 0 aliphatic carbocycles. The largest absolute Gasteiger partial charge is 0.396 e. The summed E-state index contributed by atoms with van der Waals surface area (Å²) in [6.07, 6.45) is 3.21. The molecule has 1 atom stereocenters. The molecule has 0 aromatic carbocycles. The predicted octanol–water partition coefficient (Wildman–Crippen LogP) is 1.39. The molecule has 1 heterocycles. The van der Waals surface area contributed by atoms with Crippen LogP contribution in [0.5, 0.6) is 0 Å². The molecule has 1 unspecified atom stereocenters. The smallest absolute Gasteiger partial charge is 0.221 e. The molecular weight excluding hydrogens is 260 g/mol. The first kappa shape index (κ1) is 12.2. The van der Waals surface area contributed by atoms with Crippen LogP contribution in [0.1, 0.15) is 19.8 Å². The highest BCUT2D eigenvalue weighted by Gasteiger charge is 2.09. The molecule has 0 aliphatic heterocycles. The average Bonchev–Trinajstić information content (AvgIpc) is 2.22. The number of nitrogens with zero attached hydrogens (tertiary/aromatic N) is 2. The monoisotopic (exact) mass is 274 g/mol. The van der Waals surface area contributed by atoms with E-state index in [-0.39, 0.29) is 18.6 Å². The van der Waals surface area contributed by atoms with Gasteiger partial charge in [0.15, 0.2) is 0 Å². The van der Waals surface area contributed by atoms with Crippen molar-refractivity contribution in [3.63, 3.8) is 0 Å². The van der Waals surface area contributed by atoms with Crippen molar-refractivity contribution in [3.05, 3.63) is 10.7 Å². The molecular formula is C9H15BrN4O. The van der Waals surface area contributed by atoms with E-state index >= 15 is 0 Å². The number of hydrogen-bond acceptors (Lipinski definition) is 5. The van der Waals surface area contributed by atoms with Crippen LogP contribution in [0.4, 0.5) is 11.8 Å². The van der Waals surface area contributed by atoms with Gasteiger partial charge in [0.05, 0.1) is 4.47 Å². The molecule has 6 heteroatoms. The van der Waals surface area contributed by atoms with Gasteiger partial charge in [-0.1, -0.05) is 6.92 Å². The maximum absolute atomic E-state index is 8.86. The number of aromatic nitrogens is 2. The third-order valence-corrected chi connectivity index (χ3v) is 2.65. The normalized spacial score (nSPS) is 12.5. The summed E-state index contributed by atoms with van der Waals surface area (Å²) in [5, 5.41) is 12.1. The van der Waals surface area contributed by atoms with Gasteiger partial charge >= 0.3 is 0 Å². The maximum Gasteiger partial charge on any atom is 0.221 e. The van der Waals surface area contributed by atoms with Crippen molar-refractivity contribution in [1.29, 1.82) is 0 Å². The Bertz CT molecular complexity index is 321. The number of aliphatic hydroxyl groups excluding tert-OH is 1. The first-order chi connectivity index (χ1) is 7.17. The quantitative estimate of drug-likeness (QED) is 0.756. The second-order valence-corrected chi connectivity index (χ2v) is 4.04. The summed E-state index contributed by atoms with van der Waals surface area (Å²) in [4.78, 5) is 7.92. The molecule has 0 spiro atoms. The Labute approximate surface area is 97.2 Å². The second kappa shape index (κ2) is 5.87. The fourth-order valence-electron chi connectivity index (χ4n) is 1.21. The van der Waals surface area contributed by atoms with Crippen LogP contribution < -0.4 is 11.1 Å². The van der Waals surface area contributed by atoms with E-state index in [2.05, 4.69) is 31.2 Å². The highest BCUT2D eigenvalue weighted by Crippen LogP contribution is 2.21. The molecule has 0 fully saturated rings. The zero-order valence-corrected chi connectivity index (χ0v) is 10.2. The highest BCUT2D eigenvalue weighted by atomic mass is 79.9. The summed E-state index contributed by atoms with van der Waals surface area (Å²) in [5.74, 6) is 0.905. The van der Waals surface area contributed by atoms with Crippen molar-refractivity contribution >= 4 is 27.7 Å². The van der Waals surface area contributed by atoms with Gasteiger partial charge in [0.25, 0.3) is 0 Å². The molecule has 5 nitrogen and oxygen atoms in total. The fourth-order valence-corrected chi connectivity index (χ4v) is 1.52.